The number of hydrazine groups is 1. The van der Waals surface area contributed by atoms with E-state index in [0.29, 0.717) is 12.0 Å². The molecule has 0 unspecified atom stereocenters. The van der Waals surface area contributed by atoms with E-state index in [1.54, 1.807) is 11.1 Å². The van der Waals surface area contributed by atoms with Gasteiger partial charge in [-0.2, -0.15) is 0 Å². The van der Waals surface area contributed by atoms with Gasteiger partial charge in [-0.25, -0.2) is 5.01 Å². The predicted molar refractivity (Wildman–Crippen MR) is 63.7 cm³/mol. The van der Waals surface area contributed by atoms with Crippen LogP contribution in [0.3, 0.4) is 0 Å². The summed E-state index contributed by atoms with van der Waals surface area (Å²) in [5, 5.41) is 3.74. The van der Waals surface area contributed by atoms with Gasteiger partial charge in [0.1, 0.15) is 0 Å². The van der Waals surface area contributed by atoms with Crippen LogP contribution in [0.4, 0.5) is 0 Å². The first-order valence-electron chi connectivity index (χ1n) is 5.86. The standard InChI is InChI=1S/C12H22N2O2/c1-5-14(11-8-16-9-11)13(4)12(15)7-6-10(2)3/h6-7,10-11H,5,8-9H2,1-4H3. The fourth-order valence-corrected chi connectivity index (χ4v) is 1.62. The number of nitrogens with zero attached hydrogens (tertiary/aromatic N) is 2. The average molecular weight is 226 g/mol. The molecule has 92 valence electrons. The van der Waals surface area contributed by atoms with Crippen molar-refractivity contribution >= 4 is 5.91 Å². The van der Waals surface area contributed by atoms with Gasteiger partial charge in [0.2, 0.25) is 0 Å². The molecule has 0 aliphatic carbocycles. The molecule has 4 heteroatoms. The van der Waals surface area contributed by atoms with Gasteiger partial charge in [0.15, 0.2) is 0 Å². The normalized spacial score (nSPS) is 17.1. The summed E-state index contributed by atoms with van der Waals surface area (Å²) in [5.41, 5.74) is 0. The van der Waals surface area contributed by atoms with E-state index in [-0.39, 0.29) is 5.91 Å². The summed E-state index contributed by atoms with van der Waals surface area (Å²) in [5.74, 6) is 0.432. The molecule has 0 radical (unpaired) electrons. The highest BCUT2D eigenvalue weighted by molar-refractivity contribution is 5.86. The van der Waals surface area contributed by atoms with E-state index in [1.165, 1.54) is 0 Å². The molecule has 1 rings (SSSR count). The molecule has 0 bridgehead atoms. The summed E-state index contributed by atoms with van der Waals surface area (Å²) in [6, 6.07) is 0.353. The molecule has 1 saturated heterocycles. The smallest absolute Gasteiger partial charge is 0.260 e. The average Bonchev–Trinajstić information content (AvgIpc) is 2.18. The Bertz CT molecular complexity index is 260. The largest absolute Gasteiger partial charge is 0.378 e. The van der Waals surface area contributed by atoms with E-state index >= 15 is 0 Å². The van der Waals surface area contributed by atoms with Crippen LogP contribution in [0.1, 0.15) is 20.8 Å². The van der Waals surface area contributed by atoms with Crippen molar-refractivity contribution in [2.24, 2.45) is 5.92 Å². The van der Waals surface area contributed by atoms with Crippen molar-refractivity contribution < 1.29 is 9.53 Å². The van der Waals surface area contributed by atoms with Gasteiger partial charge in [0.05, 0.1) is 19.3 Å². The van der Waals surface area contributed by atoms with Crippen molar-refractivity contribution in [2.45, 2.75) is 26.8 Å². The van der Waals surface area contributed by atoms with Crippen molar-refractivity contribution in [3.05, 3.63) is 12.2 Å². The minimum Gasteiger partial charge on any atom is -0.378 e. The summed E-state index contributed by atoms with van der Waals surface area (Å²) in [7, 11) is 1.81. The highest BCUT2D eigenvalue weighted by Crippen LogP contribution is 2.12. The van der Waals surface area contributed by atoms with E-state index < -0.39 is 0 Å². The Labute approximate surface area is 97.8 Å². The fraction of sp³-hybridized carbons (Fsp3) is 0.750. The number of carbonyl (C=O) groups excluding carboxylic acids is 1. The lowest BCUT2D eigenvalue weighted by atomic mass is 10.2. The Hall–Kier alpha value is -0.870. The maximum Gasteiger partial charge on any atom is 0.260 e. The fourth-order valence-electron chi connectivity index (χ4n) is 1.62. The highest BCUT2D eigenvalue weighted by Gasteiger charge is 2.29. The summed E-state index contributed by atoms with van der Waals surface area (Å²) in [6.07, 6.45) is 3.57. The topological polar surface area (TPSA) is 32.8 Å². The van der Waals surface area contributed by atoms with Crippen LogP contribution in [0.5, 0.6) is 0 Å². The summed E-state index contributed by atoms with van der Waals surface area (Å²) < 4.78 is 5.15. The zero-order chi connectivity index (χ0) is 12.1. The lowest BCUT2D eigenvalue weighted by molar-refractivity contribution is -0.165. The van der Waals surface area contributed by atoms with E-state index in [1.807, 2.05) is 20.0 Å². The van der Waals surface area contributed by atoms with Crippen molar-refractivity contribution in [3.8, 4) is 0 Å². The van der Waals surface area contributed by atoms with Crippen LogP contribution in [0.2, 0.25) is 0 Å². The van der Waals surface area contributed by atoms with Crippen molar-refractivity contribution in [3.63, 3.8) is 0 Å². The zero-order valence-corrected chi connectivity index (χ0v) is 10.6. The molecule has 0 saturated carbocycles. The molecule has 0 spiro atoms. The number of ether oxygens (including phenoxy) is 1. The summed E-state index contributed by atoms with van der Waals surface area (Å²) >= 11 is 0. The minimum atomic E-state index is 0.0300. The van der Waals surface area contributed by atoms with Crippen LogP contribution in [0.15, 0.2) is 12.2 Å². The van der Waals surface area contributed by atoms with Gasteiger partial charge in [-0.15, -0.1) is 0 Å². The molecule has 1 aliphatic heterocycles. The van der Waals surface area contributed by atoms with Crippen LogP contribution in [-0.4, -0.2) is 48.8 Å². The molecule has 0 aromatic carbocycles. The molecular weight excluding hydrogens is 204 g/mol. The maximum absolute atomic E-state index is 11.8. The Morgan fingerprint density at radius 2 is 2.12 bits per heavy atom. The molecule has 1 heterocycles. The third-order valence-electron chi connectivity index (χ3n) is 2.69. The summed E-state index contributed by atoms with van der Waals surface area (Å²) in [4.78, 5) is 11.8. The lowest BCUT2D eigenvalue weighted by Crippen LogP contribution is -2.56. The van der Waals surface area contributed by atoms with Crippen LogP contribution < -0.4 is 0 Å². The second kappa shape index (κ2) is 6.01. The molecule has 0 atom stereocenters. The highest BCUT2D eigenvalue weighted by atomic mass is 16.5. The molecular formula is C12H22N2O2. The molecule has 1 amide bonds. The zero-order valence-electron chi connectivity index (χ0n) is 10.6. The second-order valence-electron chi connectivity index (χ2n) is 4.41. The first-order chi connectivity index (χ1) is 7.56. The van der Waals surface area contributed by atoms with E-state index in [2.05, 4.69) is 18.9 Å². The summed E-state index contributed by atoms with van der Waals surface area (Å²) in [6.45, 7) is 8.43. The number of allylic oxidation sites excluding steroid dienone is 1. The number of hydrogen-bond donors (Lipinski definition) is 0. The van der Waals surface area contributed by atoms with Crippen LogP contribution >= 0.6 is 0 Å². The monoisotopic (exact) mass is 226 g/mol. The molecule has 1 aliphatic rings. The molecule has 0 aromatic rings. The molecule has 0 aromatic heterocycles. The first kappa shape index (κ1) is 13.2. The molecule has 0 N–H and O–H groups in total. The van der Waals surface area contributed by atoms with Crippen LogP contribution in [0.25, 0.3) is 0 Å². The maximum atomic E-state index is 11.8. The Morgan fingerprint density at radius 3 is 2.50 bits per heavy atom. The molecule has 16 heavy (non-hydrogen) atoms. The SMILES string of the molecule is CCN(C1COC1)N(C)C(=O)C=CC(C)C. The van der Waals surface area contributed by atoms with E-state index in [0.717, 1.165) is 19.8 Å². The number of hydrogen-bond acceptors (Lipinski definition) is 3. The lowest BCUT2D eigenvalue weighted by Gasteiger charge is -2.41. The van der Waals surface area contributed by atoms with Crippen molar-refractivity contribution in [2.75, 3.05) is 26.8 Å². The Balaban J connectivity index is 2.52. The Kier molecular flexibility index (Phi) is 4.96. The van der Waals surface area contributed by atoms with Crippen molar-refractivity contribution in [1.29, 1.82) is 0 Å². The van der Waals surface area contributed by atoms with Gasteiger partial charge in [-0.05, 0) is 5.92 Å². The minimum absolute atomic E-state index is 0.0300. The third kappa shape index (κ3) is 3.32. The van der Waals surface area contributed by atoms with E-state index in [4.69, 9.17) is 4.74 Å². The number of amides is 1. The van der Waals surface area contributed by atoms with Crippen LogP contribution in [0, 0.1) is 5.92 Å². The van der Waals surface area contributed by atoms with Gasteiger partial charge in [0.25, 0.3) is 5.91 Å². The van der Waals surface area contributed by atoms with Crippen molar-refractivity contribution in [1.82, 2.24) is 10.0 Å². The number of carbonyl (C=O) groups is 1. The van der Waals surface area contributed by atoms with Gasteiger partial charge < -0.3 is 4.74 Å². The molecule has 1 fully saturated rings. The van der Waals surface area contributed by atoms with E-state index in [9.17, 15) is 4.79 Å². The van der Waals surface area contributed by atoms with Gasteiger partial charge in [-0.3, -0.25) is 9.80 Å². The Morgan fingerprint density at radius 1 is 1.50 bits per heavy atom. The quantitative estimate of drug-likeness (QED) is 0.523. The third-order valence-corrected chi connectivity index (χ3v) is 2.69. The molecule has 4 nitrogen and oxygen atoms in total. The van der Waals surface area contributed by atoms with Gasteiger partial charge in [0, 0.05) is 19.7 Å². The van der Waals surface area contributed by atoms with Gasteiger partial charge >= 0.3 is 0 Å². The van der Waals surface area contributed by atoms with Crippen LogP contribution in [-0.2, 0) is 9.53 Å². The second-order valence-corrected chi connectivity index (χ2v) is 4.41. The first-order valence-corrected chi connectivity index (χ1v) is 5.86. The number of likely N-dealkylation sites (N-methyl/N-ethyl adjacent to an activating group) is 2. The predicted octanol–water partition coefficient (Wildman–Crippen LogP) is 1.29. The van der Waals surface area contributed by atoms with Gasteiger partial charge in [-0.1, -0.05) is 26.8 Å². The number of rotatable bonds is 5.